The highest BCUT2D eigenvalue weighted by Gasteiger charge is 2.34. The Kier molecular flexibility index (Phi) is 3.43. The van der Waals surface area contributed by atoms with Crippen LogP contribution in [0.1, 0.15) is 12.8 Å². The van der Waals surface area contributed by atoms with E-state index in [2.05, 4.69) is 10.2 Å². The van der Waals surface area contributed by atoms with Crippen LogP contribution >= 0.6 is 0 Å². The molecule has 0 aliphatic carbocycles. The van der Waals surface area contributed by atoms with E-state index >= 15 is 0 Å². The molecule has 2 amide bonds. The molecule has 0 aromatic heterocycles. The zero-order valence-electron chi connectivity index (χ0n) is 8.98. The third-order valence-electron chi connectivity index (χ3n) is 3.20. The van der Waals surface area contributed by atoms with Gasteiger partial charge in [0, 0.05) is 32.8 Å². The molecule has 2 fully saturated rings. The maximum Gasteiger partial charge on any atom is 0.317 e. The first-order valence-corrected chi connectivity index (χ1v) is 5.69. The van der Waals surface area contributed by atoms with Gasteiger partial charge in [-0.05, 0) is 19.4 Å². The number of carbonyl (C=O) groups is 1. The summed E-state index contributed by atoms with van der Waals surface area (Å²) < 4.78 is 0. The maximum absolute atomic E-state index is 11.3. The lowest BCUT2D eigenvalue weighted by Gasteiger charge is -2.36. The third kappa shape index (κ3) is 2.41. The molecule has 0 spiro atoms. The minimum Gasteiger partial charge on any atom is -0.396 e. The summed E-state index contributed by atoms with van der Waals surface area (Å²) in [5.41, 5.74) is 0. The van der Waals surface area contributed by atoms with Crippen molar-refractivity contribution in [3.05, 3.63) is 0 Å². The van der Waals surface area contributed by atoms with Gasteiger partial charge < -0.3 is 15.3 Å². The fourth-order valence-electron chi connectivity index (χ4n) is 2.32. The van der Waals surface area contributed by atoms with E-state index in [1.54, 1.807) is 0 Å². The summed E-state index contributed by atoms with van der Waals surface area (Å²) >= 11 is 0. The Morgan fingerprint density at radius 3 is 3.07 bits per heavy atom. The number of fused-ring (bicyclic) bond motifs is 1. The van der Waals surface area contributed by atoms with E-state index in [-0.39, 0.29) is 12.6 Å². The van der Waals surface area contributed by atoms with Crippen molar-refractivity contribution in [2.24, 2.45) is 0 Å². The summed E-state index contributed by atoms with van der Waals surface area (Å²) in [6.45, 7) is 4.90. The molecular weight excluding hydrogens is 194 g/mol. The summed E-state index contributed by atoms with van der Waals surface area (Å²) in [5, 5.41) is 11.6. The fourth-order valence-corrected chi connectivity index (χ4v) is 2.32. The standard InChI is InChI=1S/C10H19N3O2/c14-6-2-1-3-12-4-5-13-9(8-12)7-11-10(13)15/h9,14H,1-8H2,(H,11,15). The van der Waals surface area contributed by atoms with Gasteiger partial charge in [0.15, 0.2) is 0 Å². The molecule has 0 saturated carbocycles. The smallest absolute Gasteiger partial charge is 0.317 e. The number of rotatable bonds is 4. The van der Waals surface area contributed by atoms with Crippen molar-refractivity contribution in [1.82, 2.24) is 15.1 Å². The minimum absolute atomic E-state index is 0.0926. The number of piperazine rings is 1. The first-order valence-electron chi connectivity index (χ1n) is 5.69. The molecule has 2 N–H and O–H groups in total. The van der Waals surface area contributed by atoms with Crippen molar-refractivity contribution < 1.29 is 9.90 Å². The number of urea groups is 1. The minimum atomic E-state index is 0.0926. The summed E-state index contributed by atoms with van der Waals surface area (Å²) in [4.78, 5) is 15.7. The van der Waals surface area contributed by atoms with Crippen molar-refractivity contribution in [1.29, 1.82) is 0 Å². The molecule has 2 rings (SSSR count). The third-order valence-corrected chi connectivity index (χ3v) is 3.20. The molecule has 2 aliphatic rings. The number of nitrogens with one attached hydrogen (secondary N) is 1. The second kappa shape index (κ2) is 4.81. The average molecular weight is 213 g/mol. The second-order valence-corrected chi connectivity index (χ2v) is 4.26. The second-order valence-electron chi connectivity index (χ2n) is 4.26. The van der Waals surface area contributed by atoms with Gasteiger partial charge in [-0.1, -0.05) is 0 Å². The molecule has 0 radical (unpaired) electrons. The van der Waals surface area contributed by atoms with Gasteiger partial charge in [-0.25, -0.2) is 4.79 Å². The lowest BCUT2D eigenvalue weighted by atomic mass is 10.2. The summed E-state index contributed by atoms with van der Waals surface area (Å²) in [7, 11) is 0. The van der Waals surface area contributed by atoms with Crippen LogP contribution in [-0.4, -0.2) is 66.3 Å². The molecular formula is C10H19N3O2. The first kappa shape index (κ1) is 10.7. The fraction of sp³-hybridized carbons (Fsp3) is 0.900. The molecule has 0 bridgehead atoms. The van der Waals surface area contributed by atoms with Crippen molar-refractivity contribution in [2.45, 2.75) is 18.9 Å². The number of amides is 2. The summed E-state index contributed by atoms with van der Waals surface area (Å²) in [6, 6.07) is 0.454. The van der Waals surface area contributed by atoms with Gasteiger partial charge in [-0.2, -0.15) is 0 Å². The average Bonchev–Trinajstić information content (AvgIpc) is 2.61. The van der Waals surface area contributed by atoms with Gasteiger partial charge in [0.25, 0.3) is 0 Å². The van der Waals surface area contributed by atoms with Crippen LogP contribution in [0.25, 0.3) is 0 Å². The number of hydrogen-bond donors (Lipinski definition) is 2. The predicted molar refractivity (Wildman–Crippen MR) is 56.7 cm³/mol. The molecule has 0 aromatic carbocycles. The highest BCUT2D eigenvalue weighted by Crippen LogP contribution is 2.14. The van der Waals surface area contributed by atoms with Gasteiger partial charge in [-0.3, -0.25) is 4.90 Å². The van der Waals surface area contributed by atoms with Gasteiger partial charge >= 0.3 is 6.03 Å². The highest BCUT2D eigenvalue weighted by molar-refractivity contribution is 5.77. The maximum atomic E-state index is 11.3. The van der Waals surface area contributed by atoms with Crippen LogP contribution in [0.3, 0.4) is 0 Å². The normalized spacial score (nSPS) is 26.6. The monoisotopic (exact) mass is 213 g/mol. The lowest BCUT2D eigenvalue weighted by molar-refractivity contribution is 0.118. The van der Waals surface area contributed by atoms with E-state index in [9.17, 15) is 4.79 Å². The van der Waals surface area contributed by atoms with E-state index in [0.717, 1.165) is 45.6 Å². The van der Waals surface area contributed by atoms with Crippen molar-refractivity contribution >= 4 is 6.03 Å². The Hall–Kier alpha value is -0.810. The number of aliphatic hydroxyl groups excluding tert-OH is 1. The SMILES string of the molecule is O=C1NCC2CN(CCCCO)CCN12. The van der Waals surface area contributed by atoms with E-state index in [1.165, 1.54) is 0 Å². The largest absolute Gasteiger partial charge is 0.396 e. The summed E-state index contributed by atoms with van der Waals surface area (Å²) in [5.74, 6) is 0. The molecule has 2 saturated heterocycles. The van der Waals surface area contributed by atoms with E-state index < -0.39 is 0 Å². The number of hydrogen-bond acceptors (Lipinski definition) is 3. The summed E-state index contributed by atoms with van der Waals surface area (Å²) in [6.07, 6.45) is 1.92. The van der Waals surface area contributed by atoms with Gasteiger partial charge in [0.05, 0.1) is 6.04 Å². The molecule has 2 heterocycles. The van der Waals surface area contributed by atoms with Crippen LogP contribution in [0.2, 0.25) is 0 Å². The number of unbranched alkanes of at least 4 members (excludes halogenated alkanes) is 1. The van der Waals surface area contributed by atoms with Gasteiger partial charge in [0.1, 0.15) is 0 Å². The number of nitrogens with zero attached hydrogens (tertiary/aromatic N) is 2. The topological polar surface area (TPSA) is 55.8 Å². The Bertz CT molecular complexity index is 235. The Morgan fingerprint density at radius 1 is 1.40 bits per heavy atom. The van der Waals surface area contributed by atoms with Crippen LogP contribution in [0.15, 0.2) is 0 Å². The molecule has 2 aliphatic heterocycles. The molecule has 1 atom stereocenters. The van der Waals surface area contributed by atoms with Crippen molar-refractivity contribution in [3.8, 4) is 0 Å². The molecule has 0 aromatic rings. The molecule has 5 heteroatoms. The van der Waals surface area contributed by atoms with Crippen LogP contribution in [0.4, 0.5) is 4.79 Å². The Labute approximate surface area is 90.0 Å². The lowest BCUT2D eigenvalue weighted by Crippen LogP contribution is -2.52. The van der Waals surface area contributed by atoms with E-state index in [0.29, 0.717) is 6.04 Å². The quantitative estimate of drug-likeness (QED) is 0.617. The molecule has 1 unspecified atom stereocenters. The zero-order valence-corrected chi connectivity index (χ0v) is 8.98. The number of aliphatic hydroxyl groups is 1. The highest BCUT2D eigenvalue weighted by atomic mass is 16.3. The zero-order chi connectivity index (χ0) is 10.7. The first-order chi connectivity index (χ1) is 7.31. The van der Waals surface area contributed by atoms with Gasteiger partial charge in [0.2, 0.25) is 0 Å². The molecule has 15 heavy (non-hydrogen) atoms. The van der Waals surface area contributed by atoms with Crippen LogP contribution < -0.4 is 5.32 Å². The van der Waals surface area contributed by atoms with Crippen LogP contribution in [-0.2, 0) is 0 Å². The molecule has 5 nitrogen and oxygen atoms in total. The molecule has 86 valence electrons. The number of carbonyl (C=O) groups excluding carboxylic acids is 1. The Balaban J connectivity index is 1.75. The van der Waals surface area contributed by atoms with E-state index in [1.807, 2.05) is 4.90 Å². The van der Waals surface area contributed by atoms with Gasteiger partial charge in [-0.15, -0.1) is 0 Å². The Morgan fingerprint density at radius 2 is 2.27 bits per heavy atom. The van der Waals surface area contributed by atoms with Crippen LogP contribution in [0.5, 0.6) is 0 Å². The van der Waals surface area contributed by atoms with Crippen LogP contribution in [0, 0.1) is 0 Å². The van der Waals surface area contributed by atoms with Crippen molar-refractivity contribution in [2.75, 3.05) is 39.3 Å². The van der Waals surface area contributed by atoms with E-state index in [4.69, 9.17) is 5.11 Å². The predicted octanol–water partition coefficient (Wildman–Crippen LogP) is -0.532. The van der Waals surface area contributed by atoms with Crippen molar-refractivity contribution in [3.63, 3.8) is 0 Å².